The molecule has 0 atom stereocenters. The van der Waals surface area contributed by atoms with Gasteiger partial charge in [-0.25, -0.2) is 0 Å². The molecule has 0 radical (unpaired) electrons. The van der Waals surface area contributed by atoms with Crippen molar-refractivity contribution < 1.29 is 9.47 Å². The van der Waals surface area contributed by atoms with Gasteiger partial charge in [0.1, 0.15) is 11.5 Å². The Kier molecular flexibility index (Phi) is 3.19. The van der Waals surface area contributed by atoms with Crippen molar-refractivity contribution in [2.24, 2.45) is 0 Å². The largest absolute Gasteiger partial charge is 0.495 e. The number of rotatable bonds is 2. The van der Waals surface area contributed by atoms with Gasteiger partial charge in [0.2, 0.25) is 0 Å². The molecule has 19 heavy (non-hydrogen) atoms. The summed E-state index contributed by atoms with van der Waals surface area (Å²) in [7, 11) is 3.33. The van der Waals surface area contributed by atoms with Crippen LogP contribution < -0.4 is 9.47 Å². The average Bonchev–Trinajstić information content (AvgIpc) is 2.77. The lowest BCUT2D eigenvalue weighted by molar-refractivity contribution is 0.408. The lowest BCUT2D eigenvalue weighted by atomic mass is 10.1. The quantitative estimate of drug-likeness (QED) is 0.684. The van der Waals surface area contributed by atoms with Crippen LogP contribution in [-0.2, 0) is 0 Å². The van der Waals surface area contributed by atoms with Gasteiger partial charge in [-0.15, -0.1) is 0 Å². The summed E-state index contributed by atoms with van der Waals surface area (Å²) in [5.74, 6) is 1.59. The predicted molar refractivity (Wildman–Crippen MR) is 84.3 cm³/mol. The van der Waals surface area contributed by atoms with E-state index in [2.05, 4.69) is 42.9 Å². The number of hydrogen-bond acceptors (Lipinski definition) is 2. The second kappa shape index (κ2) is 4.72. The summed E-state index contributed by atoms with van der Waals surface area (Å²) in [6, 6.07) is 8.02. The van der Waals surface area contributed by atoms with Crippen molar-refractivity contribution in [3.63, 3.8) is 0 Å². The van der Waals surface area contributed by atoms with Gasteiger partial charge in [0.05, 0.1) is 29.6 Å². The smallest absolute Gasteiger partial charge is 0.144 e. The van der Waals surface area contributed by atoms with Crippen molar-refractivity contribution in [3.05, 3.63) is 33.2 Å². The molecule has 5 heteroatoms. The number of aromatic amines is 1. The van der Waals surface area contributed by atoms with Gasteiger partial charge in [-0.05, 0) is 34.1 Å². The maximum Gasteiger partial charge on any atom is 0.144 e. The molecule has 2 aromatic carbocycles. The lowest BCUT2D eigenvalue weighted by Gasteiger charge is -2.09. The van der Waals surface area contributed by atoms with Gasteiger partial charge >= 0.3 is 0 Å². The zero-order valence-corrected chi connectivity index (χ0v) is 13.6. The maximum absolute atomic E-state index is 5.53. The Morgan fingerprint density at radius 1 is 1.05 bits per heavy atom. The number of aromatic nitrogens is 1. The van der Waals surface area contributed by atoms with Crippen LogP contribution in [0, 0.1) is 0 Å². The summed E-state index contributed by atoms with van der Waals surface area (Å²) in [5, 5.41) is 2.12. The minimum Gasteiger partial charge on any atom is -0.495 e. The number of H-pyrrole nitrogens is 1. The molecule has 0 fully saturated rings. The van der Waals surface area contributed by atoms with Crippen LogP contribution >= 0.6 is 31.9 Å². The number of ether oxygens (including phenoxy) is 2. The average molecular weight is 385 g/mol. The van der Waals surface area contributed by atoms with Crippen molar-refractivity contribution in [2.75, 3.05) is 14.2 Å². The first kappa shape index (κ1) is 12.8. The Bertz CT molecular complexity index is 780. The van der Waals surface area contributed by atoms with E-state index < -0.39 is 0 Å². The van der Waals surface area contributed by atoms with E-state index in [0.717, 1.165) is 42.3 Å². The van der Waals surface area contributed by atoms with Crippen LogP contribution in [0.2, 0.25) is 0 Å². The molecule has 0 aliphatic rings. The van der Waals surface area contributed by atoms with E-state index in [1.54, 1.807) is 14.2 Å². The molecule has 1 aromatic heterocycles. The molecule has 3 rings (SSSR count). The second-order valence-corrected chi connectivity index (χ2v) is 5.93. The van der Waals surface area contributed by atoms with Gasteiger partial charge in [-0.2, -0.15) is 0 Å². The summed E-state index contributed by atoms with van der Waals surface area (Å²) in [6.45, 7) is 0. The Hall–Kier alpha value is -1.20. The van der Waals surface area contributed by atoms with E-state index in [0.29, 0.717) is 0 Å². The number of hydrogen-bond donors (Lipinski definition) is 1. The monoisotopic (exact) mass is 383 g/mol. The second-order valence-electron chi connectivity index (χ2n) is 4.16. The van der Waals surface area contributed by atoms with Crippen LogP contribution in [0.1, 0.15) is 0 Å². The molecule has 0 aliphatic carbocycles. The molecular weight excluding hydrogens is 374 g/mol. The maximum atomic E-state index is 5.53. The van der Waals surface area contributed by atoms with Crippen LogP contribution in [-0.4, -0.2) is 19.2 Å². The van der Waals surface area contributed by atoms with E-state index >= 15 is 0 Å². The van der Waals surface area contributed by atoms with Gasteiger partial charge in [0.25, 0.3) is 0 Å². The summed E-state index contributed by atoms with van der Waals surface area (Å²) >= 11 is 7.03. The zero-order valence-electron chi connectivity index (χ0n) is 10.4. The van der Waals surface area contributed by atoms with Crippen LogP contribution in [0.15, 0.2) is 33.2 Å². The topological polar surface area (TPSA) is 34.2 Å². The first-order valence-corrected chi connectivity index (χ1v) is 7.25. The zero-order chi connectivity index (χ0) is 13.6. The Morgan fingerprint density at radius 3 is 2.53 bits per heavy atom. The Morgan fingerprint density at radius 2 is 1.84 bits per heavy atom. The number of halogens is 2. The highest BCUT2D eigenvalue weighted by Crippen LogP contribution is 2.43. The minimum absolute atomic E-state index is 0.787. The first-order valence-electron chi connectivity index (χ1n) is 5.67. The third-order valence-corrected chi connectivity index (χ3v) is 4.22. The molecule has 0 spiro atoms. The molecule has 3 nitrogen and oxygen atoms in total. The summed E-state index contributed by atoms with van der Waals surface area (Å²) < 4.78 is 12.9. The van der Waals surface area contributed by atoms with E-state index in [1.165, 1.54) is 0 Å². The van der Waals surface area contributed by atoms with Gasteiger partial charge in [0.15, 0.2) is 0 Å². The summed E-state index contributed by atoms with van der Waals surface area (Å²) in [5.41, 5.74) is 1.99. The van der Waals surface area contributed by atoms with E-state index in [1.807, 2.05) is 18.2 Å². The fourth-order valence-corrected chi connectivity index (χ4v) is 3.25. The molecule has 0 unspecified atom stereocenters. The molecule has 98 valence electrons. The van der Waals surface area contributed by atoms with Gasteiger partial charge in [-0.3, -0.25) is 0 Å². The molecule has 0 saturated carbocycles. The molecule has 0 saturated heterocycles. The highest BCUT2D eigenvalue weighted by Gasteiger charge is 2.17. The molecule has 1 heterocycles. The standard InChI is InChI=1S/C14H11Br2NO2/c1-18-11-6-9(16)14(19-2)12-8-5-7(15)3-4-10(8)17-13(11)12/h3-6,17H,1-2H3. The summed E-state index contributed by atoms with van der Waals surface area (Å²) in [4.78, 5) is 3.38. The Balaban J connectivity index is 2.56. The van der Waals surface area contributed by atoms with Crippen molar-refractivity contribution in [3.8, 4) is 11.5 Å². The van der Waals surface area contributed by atoms with Gasteiger partial charge < -0.3 is 14.5 Å². The molecule has 3 aromatic rings. The lowest BCUT2D eigenvalue weighted by Crippen LogP contribution is -1.90. The van der Waals surface area contributed by atoms with Crippen molar-refractivity contribution in [1.29, 1.82) is 0 Å². The SMILES string of the molecule is COc1cc(Br)c(OC)c2c1[nH]c1ccc(Br)cc12. The van der Waals surface area contributed by atoms with Gasteiger partial charge in [0, 0.05) is 21.4 Å². The van der Waals surface area contributed by atoms with E-state index in [4.69, 9.17) is 9.47 Å². The first-order chi connectivity index (χ1) is 9.15. The van der Waals surface area contributed by atoms with E-state index in [9.17, 15) is 0 Å². The van der Waals surface area contributed by atoms with Crippen LogP contribution in [0.3, 0.4) is 0 Å². The van der Waals surface area contributed by atoms with E-state index in [-0.39, 0.29) is 0 Å². The number of benzene rings is 2. The molecule has 0 amide bonds. The highest BCUT2D eigenvalue weighted by atomic mass is 79.9. The van der Waals surface area contributed by atoms with Crippen molar-refractivity contribution >= 4 is 53.7 Å². The Labute approximate surface area is 127 Å². The van der Waals surface area contributed by atoms with Crippen LogP contribution in [0.25, 0.3) is 21.8 Å². The number of methoxy groups -OCH3 is 2. The van der Waals surface area contributed by atoms with Crippen molar-refractivity contribution in [2.45, 2.75) is 0 Å². The third kappa shape index (κ3) is 1.92. The fraction of sp³-hybridized carbons (Fsp3) is 0.143. The summed E-state index contributed by atoms with van der Waals surface area (Å²) in [6.07, 6.45) is 0. The van der Waals surface area contributed by atoms with Crippen molar-refractivity contribution in [1.82, 2.24) is 4.98 Å². The molecule has 0 bridgehead atoms. The highest BCUT2D eigenvalue weighted by molar-refractivity contribution is 9.10. The van der Waals surface area contributed by atoms with Crippen LogP contribution in [0.4, 0.5) is 0 Å². The minimum atomic E-state index is 0.787. The molecule has 1 N–H and O–H groups in total. The normalized spacial score (nSPS) is 11.2. The predicted octanol–water partition coefficient (Wildman–Crippen LogP) is 4.86. The number of nitrogens with one attached hydrogen (secondary N) is 1. The van der Waals surface area contributed by atoms with Crippen LogP contribution in [0.5, 0.6) is 11.5 Å². The molecule has 0 aliphatic heterocycles. The molecular formula is C14H11Br2NO2. The van der Waals surface area contributed by atoms with Gasteiger partial charge in [-0.1, -0.05) is 15.9 Å². The third-order valence-electron chi connectivity index (χ3n) is 3.13. The fourth-order valence-electron chi connectivity index (χ4n) is 2.32. The number of fused-ring (bicyclic) bond motifs is 3.